The van der Waals surface area contributed by atoms with Gasteiger partial charge in [-0.1, -0.05) is 6.07 Å². The quantitative estimate of drug-likeness (QED) is 0.710. The molecule has 0 aliphatic carbocycles. The molecule has 0 aliphatic heterocycles. The molecule has 13 heavy (non-hydrogen) atoms. The number of aromatic nitrogens is 1. The van der Waals surface area contributed by atoms with Crippen molar-refractivity contribution in [1.29, 1.82) is 0 Å². The van der Waals surface area contributed by atoms with Crippen molar-refractivity contribution in [3.8, 4) is 0 Å². The first-order valence-corrected chi connectivity index (χ1v) is 4.00. The summed E-state index contributed by atoms with van der Waals surface area (Å²) in [7, 11) is 0. The van der Waals surface area contributed by atoms with Crippen LogP contribution < -0.4 is 5.73 Å². The number of carboxylic acid groups (broad SMARTS) is 1. The molecule has 1 atom stereocenters. The fraction of sp³-hybridized carbons (Fsp3) is 0.333. The lowest BCUT2D eigenvalue weighted by molar-refractivity contribution is -0.138. The Morgan fingerprint density at radius 2 is 2.38 bits per heavy atom. The van der Waals surface area contributed by atoms with E-state index in [4.69, 9.17) is 10.8 Å². The zero-order valence-corrected chi connectivity index (χ0v) is 7.40. The molecule has 70 valence electrons. The standard InChI is InChI=1S/C9H12N2O2/c1-6-2-3-7(5-11-6)8(4-10)9(12)13/h2-3,5,8H,4,10H2,1H3,(H,12,13). The summed E-state index contributed by atoms with van der Waals surface area (Å²) in [5.74, 6) is -1.55. The van der Waals surface area contributed by atoms with Crippen LogP contribution in [0.1, 0.15) is 17.2 Å². The maximum Gasteiger partial charge on any atom is 0.312 e. The van der Waals surface area contributed by atoms with Gasteiger partial charge in [0.2, 0.25) is 0 Å². The predicted molar refractivity (Wildman–Crippen MR) is 48.4 cm³/mol. The fourth-order valence-electron chi connectivity index (χ4n) is 1.06. The molecule has 0 spiro atoms. The van der Waals surface area contributed by atoms with Crippen molar-refractivity contribution in [2.75, 3.05) is 6.54 Å². The molecule has 0 saturated carbocycles. The molecule has 0 fully saturated rings. The third-order valence-corrected chi connectivity index (χ3v) is 1.87. The summed E-state index contributed by atoms with van der Waals surface area (Å²) in [4.78, 5) is 14.7. The highest BCUT2D eigenvalue weighted by molar-refractivity contribution is 5.76. The summed E-state index contributed by atoms with van der Waals surface area (Å²) in [5, 5.41) is 8.79. The van der Waals surface area contributed by atoms with Crippen molar-refractivity contribution < 1.29 is 9.90 Å². The summed E-state index contributed by atoms with van der Waals surface area (Å²) in [5.41, 5.74) is 6.85. The summed E-state index contributed by atoms with van der Waals surface area (Å²) in [6.45, 7) is 1.95. The van der Waals surface area contributed by atoms with Crippen LogP contribution in [-0.2, 0) is 4.79 Å². The summed E-state index contributed by atoms with van der Waals surface area (Å²) < 4.78 is 0. The topological polar surface area (TPSA) is 76.2 Å². The van der Waals surface area contributed by atoms with Crippen LogP contribution in [0, 0.1) is 6.92 Å². The molecule has 1 aromatic heterocycles. The Hall–Kier alpha value is -1.42. The molecule has 1 unspecified atom stereocenters. The van der Waals surface area contributed by atoms with Crippen LogP contribution in [0.2, 0.25) is 0 Å². The Morgan fingerprint density at radius 3 is 2.77 bits per heavy atom. The van der Waals surface area contributed by atoms with Gasteiger partial charge in [0.25, 0.3) is 0 Å². The van der Waals surface area contributed by atoms with Crippen LogP contribution in [0.25, 0.3) is 0 Å². The third-order valence-electron chi connectivity index (χ3n) is 1.87. The van der Waals surface area contributed by atoms with Crippen molar-refractivity contribution in [2.24, 2.45) is 5.73 Å². The van der Waals surface area contributed by atoms with Gasteiger partial charge in [-0.05, 0) is 18.6 Å². The average molecular weight is 180 g/mol. The zero-order valence-electron chi connectivity index (χ0n) is 7.40. The van der Waals surface area contributed by atoms with Gasteiger partial charge in [-0.25, -0.2) is 0 Å². The highest BCUT2D eigenvalue weighted by Gasteiger charge is 2.17. The first kappa shape index (κ1) is 9.67. The van der Waals surface area contributed by atoms with Gasteiger partial charge >= 0.3 is 5.97 Å². The average Bonchev–Trinajstić information content (AvgIpc) is 2.09. The van der Waals surface area contributed by atoms with Crippen LogP contribution in [0.4, 0.5) is 0 Å². The van der Waals surface area contributed by atoms with Crippen molar-refractivity contribution in [3.63, 3.8) is 0 Å². The SMILES string of the molecule is Cc1ccc(C(CN)C(=O)O)cn1. The van der Waals surface area contributed by atoms with Gasteiger partial charge < -0.3 is 10.8 Å². The lowest BCUT2D eigenvalue weighted by Gasteiger charge is -2.08. The first-order valence-electron chi connectivity index (χ1n) is 4.00. The van der Waals surface area contributed by atoms with Crippen LogP contribution in [0.3, 0.4) is 0 Å². The molecule has 0 saturated heterocycles. The van der Waals surface area contributed by atoms with Gasteiger partial charge in [-0.15, -0.1) is 0 Å². The minimum absolute atomic E-state index is 0.0973. The van der Waals surface area contributed by atoms with Gasteiger partial charge in [0.05, 0.1) is 5.92 Å². The Morgan fingerprint density at radius 1 is 1.69 bits per heavy atom. The number of carbonyl (C=O) groups is 1. The number of carboxylic acids is 1. The molecule has 0 radical (unpaired) electrons. The van der Waals surface area contributed by atoms with E-state index >= 15 is 0 Å². The summed E-state index contributed by atoms with van der Waals surface area (Å²) >= 11 is 0. The van der Waals surface area contributed by atoms with Crippen molar-refractivity contribution >= 4 is 5.97 Å². The smallest absolute Gasteiger partial charge is 0.312 e. The third kappa shape index (κ3) is 2.26. The van der Waals surface area contributed by atoms with Crippen LogP contribution in [-0.4, -0.2) is 22.6 Å². The number of hydrogen-bond acceptors (Lipinski definition) is 3. The molecule has 3 N–H and O–H groups in total. The molecule has 0 amide bonds. The van der Waals surface area contributed by atoms with Crippen molar-refractivity contribution in [1.82, 2.24) is 4.98 Å². The second kappa shape index (κ2) is 4.00. The van der Waals surface area contributed by atoms with Gasteiger partial charge in [0, 0.05) is 18.4 Å². The molecule has 0 bridgehead atoms. The molecule has 1 heterocycles. The van der Waals surface area contributed by atoms with Crippen molar-refractivity contribution in [3.05, 3.63) is 29.6 Å². The first-order chi connectivity index (χ1) is 6.15. The van der Waals surface area contributed by atoms with E-state index in [2.05, 4.69) is 4.98 Å². The molecule has 4 nitrogen and oxygen atoms in total. The number of nitrogens with zero attached hydrogens (tertiary/aromatic N) is 1. The molecular formula is C9H12N2O2. The van der Waals surface area contributed by atoms with E-state index in [0.29, 0.717) is 5.56 Å². The Labute approximate surface area is 76.4 Å². The number of hydrogen-bond donors (Lipinski definition) is 2. The Balaban J connectivity index is 2.92. The van der Waals surface area contributed by atoms with Crippen LogP contribution >= 0.6 is 0 Å². The lowest BCUT2D eigenvalue weighted by atomic mass is 10.0. The van der Waals surface area contributed by atoms with Crippen LogP contribution in [0.5, 0.6) is 0 Å². The van der Waals surface area contributed by atoms with E-state index in [-0.39, 0.29) is 6.54 Å². The number of aryl methyl sites for hydroxylation is 1. The van der Waals surface area contributed by atoms with E-state index in [9.17, 15) is 4.79 Å². The predicted octanol–water partition coefficient (Wildman–Crippen LogP) is 0.517. The number of nitrogens with two attached hydrogens (primary N) is 1. The maximum absolute atomic E-state index is 10.7. The van der Waals surface area contributed by atoms with E-state index in [1.54, 1.807) is 18.3 Å². The van der Waals surface area contributed by atoms with E-state index in [1.807, 2.05) is 6.92 Å². The minimum Gasteiger partial charge on any atom is -0.481 e. The minimum atomic E-state index is -0.909. The highest BCUT2D eigenvalue weighted by atomic mass is 16.4. The van der Waals surface area contributed by atoms with Crippen LogP contribution in [0.15, 0.2) is 18.3 Å². The zero-order chi connectivity index (χ0) is 9.84. The second-order valence-electron chi connectivity index (χ2n) is 2.86. The largest absolute Gasteiger partial charge is 0.481 e. The van der Waals surface area contributed by atoms with E-state index in [0.717, 1.165) is 5.69 Å². The van der Waals surface area contributed by atoms with Gasteiger partial charge in [-0.3, -0.25) is 9.78 Å². The summed E-state index contributed by atoms with van der Waals surface area (Å²) in [6.07, 6.45) is 1.56. The molecule has 1 aromatic rings. The molecule has 0 aliphatic rings. The van der Waals surface area contributed by atoms with E-state index in [1.165, 1.54) is 0 Å². The molecule has 0 aromatic carbocycles. The Bertz CT molecular complexity index is 295. The van der Waals surface area contributed by atoms with Gasteiger partial charge in [0.1, 0.15) is 0 Å². The number of rotatable bonds is 3. The number of pyridine rings is 1. The molecule has 4 heteroatoms. The molecular weight excluding hydrogens is 168 g/mol. The van der Waals surface area contributed by atoms with Gasteiger partial charge in [0.15, 0.2) is 0 Å². The van der Waals surface area contributed by atoms with E-state index < -0.39 is 11.9 Å². The number of aliphatic carboxylic acids is 1. The van der Waals surface area contributed by atoms with Gasteiger partial charge in [-0.2, -0.15) is 0 Å². The highest BCUT2D eigenvalue weighted by Crippen LogP contribution is 2.13. The normalized spacial score (nSPS) is 12.5. The summed E-state index contributed by atoms with van der Waals surface area (Å²) in [6, 6.07) is 3.52. The lowest BCUT2D eigenvalue weighted by Crippen LogP contribution is -2.21. The maximum atomic E-state index is 10.7. The fourth-order valence-corrected chi connectivity index (χ4v) is 1.06. The van der Waals surface area contributed by atoms with Crippen molar-refractivity contribution in [2.45, 2.75) is 12.8 Å². The monoisotopic (exact) mass is 180 g/mol. The second-order valence-corrected chi connectivity index (χ2v) is 2.86. The molecule has 1 rings (SSSR count). The Kier molecular flexibility index (Phi) is 2.97.